The van der Waals surface area contributed by atoms with Gasteiger partial charge in [0.25, 0.3) is 0 Å². The molecule has 1 N–H and O–H groups in total. The third kappa shape index (κ3) is 3.04. The monoisotopic (exact) mass is 276 g/mol. The number of rotatable bonds is 5. The Bertz CT molecular complexity index is 593. The highest BCUT2D eigenvalue weighted by molar-refractivity contribution is 5.32. The van der Waals surface area contributed by atoms with Crippen LogP contribution in [0, 0.1) is 13.8 Å². The van der Waals surface area contributed by atoms with E-state index < -0.39 is 0 Å². The minimum atomic E-state index is 0.00495. The summed E-state index contributed by atoms with van der Waals surface area (Å²) in [5, 5.41) is 3.08. The lowest BCUT2D eigenvalue weighted by Gasteiger charge is -2.11. The van der Waals surface area contributed by atoms with E-state index in [1.807, 2.05) is 39.2 Å². The van der Waals surface area contributed by atoms with E-state index in [4.69, 9.17) is 4.74 Å². The van der Waals surface area contributed by atoms with Crippen molar-refractivity contribution in [3.63, 3.8) is 0 Å². The van der Waals surface area contributed by atoms with Crippen LogP contribution in [0.5, 0.6) is 6.01 Å². The first kappa shape index (κ1) is 14.2. The van der Waals surface area contributed by atoms with Crippen molar-refractivity contribution >= 4 is 5.95 Å². The zero-order chi connectivity index (χ0) is 14.7. The molecule has 2 aromatic heterocycles. The van der Waals surface area contributed by atoms with Gasteiger partial charge < -0.3 is 10.1 Å². The minimum Gasteiger partial charge on any atom is -0.461 e. The standard InChI is InChI=1S/C13H20N6O/c1-6-14-11-16-12(18-13(17-11)20-8(2)3)19-7-15-9(4)10(19)5/h7-8H,6H2,1-5H3,(H,14,16,17,18). The summed E-state index contributed by atoms with van der Waals surface area (Å²) in [6.45, 7) is 10.5. The van der Waals surface area contributed by atoms with Gasteiger partial charge >= 0.3 is 6.01 Å². The van der Waals surface area contributed by atoms with E-state index in [0.29, 0.717) is 17.9 Å². The first-order valence-corrected chi connectivity index (χ1v) is 6.68. The maximum absolute atomic E-state index is 5.57. The number of hydrogen-bond donors (Lipinski definition) is 1. The van der Waals surface area contributed by atoms with Crippen LogP contribution in [0.15, 0.2) is 6.33 Å². The van der Waals surface area contributed by atoms with Crippen LogP contribution in [0.1, 0.15) is 32.2 Å². The van der Waals surface area contributed by atoms with Gasteiger partial charge in [0.2, 0.25) is 11.9 Å². The van der Waals surface area contributed by atoms with E-state index in [-0.39, 0.29) is 6.10 Å². The van der Waals surface area contributed by atoms with Crippen LogP contribution < -0.4 is 10.1 Å². The third-order valence-electron chi connectivity index (χ3n) is 2.75. The number of nitrogens with zero attached hydrogens (tertiary/aromatic N) is 5. The summed E-state index contributed by atoms with van der Waals surface area (Å²) in [6.07, 6.45) is 1.71. The zero-order valence-electron chi connectivity index (χ0n) is 12.5. The van der Waals surface area contributed by atoms with Crippen molar-refractivity contribution in [1.29, 1.82) is 0 Å². The van der Waals surface area contributed by atoms with Crippen molar-refractivity contribution in [1.82, 2.24) is 24.5 Å². The summed E-state index contributed by atoms with van der Waals surface area (Å²) in [5.74, 6) is 1.00. The highest BCUT2D eigenvalue weighted by atomic mass is 16.5. The summed E-state index contributed by atoms with van der Waals surface area (Å²) < 4.78 is 7.40. The van der Waals surface area contributed by atoms with Crippen LogP contribution in [0.2, 0.25) is 0 Å². The van der Waals surface area contributed by atoms with Crippen molar-refractivity contribution in [2.24, 2.45) is 0 Å². The Morgan fingerprint density at radius 1 is 1.25 bits per heavy atom. The molecule has 108 valence electrons. The Morgan fingerprint density at radius 3 is 2.55 bits per heavy atom. The van der Waals surface area contributed by atoms with Gasteiger partial charge in [-0.15, -0.1) is 0 Å². The summed E-state index contributed by atoms with van der Waals surface area (Å²) in [7, 11) is 0. The minimum absolute atomic E-state index is 0.00495. The molecule has 2 heterocycles. The molecule has 0 fully saturated rings. The average Bonchev–Trinajstić information content (AvgIpc) is 2.69. The van der Waals surface area contributed by atoms with Crippen LogP contribution in [-0.2, 0) is 0 Å². The number of anilines is 1. The van der Waals surface area contributed by atoms with Crippen LogP contribution >= 0.6 is 0 Å². The number of ether oxygens (including phenoxy) is 1. The number of aromatic nitrogens is 5. The highest BCUT2D eigenvalue weighted by Gasteiger charge is 2.12. The van der Waals surface area contributed by atoms with Crippen LogP contribution in [0.4, 0.5) is 5.95 Å². The lowest BCUT2D eigenvalue weighted by Crippen LogP contribution is -2.14. The Hall–Kier alpha value is -2.18. The van der Waals surface area contributed by atoms with E-state index in [1.165, 1.54) is 0 Å². The van der Waals surface area contributed by atoms with Gasteiger partial charge in [0, 0.05) is 12.2 Å². The zero-order valence-corrected chi connectivity index (χ0v) is 12.5. The van der Waals surface area contributed by atoms with Gasteiger partial charge in [-0.2, -0.15) is 15.0 Å². The molecule has 7 heteroatoms. The quantitative estimate of drug-likeness (QED) is 0.898. The predicted molar refractivity (Wildman–Crippen MR) is 76.4 cm³/mol. The van der Waals surface area contributed by atoms with Gasteiger partial charge in [0.05, 0.1) is 11.8 Å². The second-order valence-corrected chi connectivity index (χ2v) is 4.72. The molecule has 0 amide bonds. The van der Waals surface area contributed by atoms with Crippen molar-refractivity contribution in [2.45, 2.75) is 40.7 Å². The molecule has 0 atom stereocenters. The normalized spacial score (nSPS) is 10.9. The molecule has 0 saturated carbocycles. The average molecular weight is 276 g/mol. The number of aryl methyl sites for hydroxylation is 1. The van der Waals surface area contributed by atoms with Crippen molar-refractivity contribution in [2.75, 3.05) is 11.9 Å². The molecule has 0 aliphatic rings. The fourth-order valence-corrected chi connectivity index (χ4v) is 1.65. The van der Waals surface area contributed by atoms with E-state index in [2.05, 4.69) is 25.3 Å². The lowest BCUT2D eigenvalue weighted by atomic mass is 10.4. The van der Waals surface area contributed by atoms with Crippen molar-refractivity contribution in [3.05, 3.63) is 17.7 Å². The fraction of sp³-hybridized carbons (Fsp3) is 0.538. The predicted octanol–water partition coefficient (Wildman–Crippen LogP) is 1.89. The molecule has 2 aromatic rings. The second kappa shape index (κ2) is 5.85. The fourth-order valence-electron chi connectivity index (χ4n) is 1.65. The first-order chi connectivity index (χ1) is 9.51. The lowest BCUT2D eigenvalue weighted by molar-refractivity contribution is 0.221. The molecule has 7 nitrogen and oxygen atoms in total. The molecule has 2 rings (SSSR count). The van der Waals surface area contributed by atoms with Gasteiger partial charge in [0.15, 0.2) is 0 Å². The van der Waals surface area contributed by atoms with Crippen LogP contribution in [0.3, 0.4) is 0 Å². The molecule has 0 spiro atoms. The molecule has 0 aliphatic heterocycles. The maximum atomic E-state index is 5.57. The summed E-state index contributed by atoms with van der Waals surface area (Å²) >= 11 is 0. The number of nitrogens with one attached hydrogen (secondary N) is 1. The molecular formula is C13H20N6O. The highest BCUT2D eigenvalue weighted by Crippen LogP contribution is 2.15. The second-order valence-electron chi connectivity index (χ2n) is 4.72. The van der Waals surface area contributed by atoms with Gasteiger partial charge in [-0.05, 0) is 34.6 Å². The van der Waals surface area contributed by atoms with Crippen molar-refractivity contribution in [3.8, 4) is 12.0 Å². The Kier molecular flexibility index (Phi) is 4.16. The van der Waals surface area contributed by atoms with Crippen LogP contribution in [-0.4, -0.2) is 37.2 Å². The van der Waals surface area contributed by atoms with E-state index in [1.54, 1.807) is 6.33 Å². The molecular weight excluding hydrogens is 256 g/mol. The third-order valence-corrected chi connectivity index (χ3v) is 2.75. The molecule has 20 heavy (non-hydrogen) atoms. The van der Waals surface area contributed by atoms with Gasteiger partial charge in [0.1, 0.15) is 6.33 Å². The van der Waals surface area contributed by atoms with Gasteiger partial charge in [-0.3, -0.25) is 4.57 Å². The first-order valence-electron chi connectivity index (χ1n) is 6.68. The van der Waals surface area contributed by atoms with E-state index in [0.717, 1.165) is 17.9 Å². The molecule has 0 radical (unpaired) electrons. The molecule has 0 bridgehead atoms. The smallest absolute Gasteiger partial charge is 0.323 e. The van der Waals surface area contributed by atoms with E-state index in [9.17, 15) is 0 Å². The number of imidazole rings is 1. The Morgan fingerprint density at radius 2 is 2.00 bits per heavy atom. The maximum Gasteiger partial charge on any atom is 0.323 e. The Labute approximate surface area is 118 Å². The summed E-state index contributed by atoms with van der Waals surface area (Å²) in [6, 6.07) is 0.312. The molecule has 0 unspecified atom stereocenters. The number of hydrogen-bond acceptors (Lipinski definition) is 6. The topological polar surface area (TPSA) is 77.8 Å². The largest absolute Gasteiger partial charge is 0.461 e. The Balaban J connectivity index is 2.45. The van der Waals surface area contributed by atoms with Crippen molar-refractivity contribution < 1.29 is 4.74 Å². The summed E-state index contributed by atoms with van der Waals surface area (Å²) in [5.41, 5.74) is 1.94. The van der Waals surface area contributed by atoms with Gasteiger partial charge in [-0.25, -0.2) is 4.98 Å². The summed E-state index contributed by atoms with van der Waals surface area (Å²) in [4.78, 5) is 17.2. The molecule has 0 aliphatic carbocycles. The molecule has 0 aromatic carbocycles. The van der Waals surface area contributed by atoms with Gasteiger partial charge in [-0.1, -0.05) is 0 Å². The SMILES string of the molecule is CCNc1nc(OC(C)C)nc(-n2cnc(C)c2C)n1. The van der Waals surface area contributed by atoms with E-state index >= 15 is 0 Å². The van der Waals surface area contributed by atoms with Crippen LogP contribution in [0.25, 0.3) is 5.95 Å². The molecule has 0 saturated heterocycles.